The molecule has 5 nitrogen and oxygen atoms in total. The Kier molecular flexibility index (Phi) is 6.28. The van der Waals surface area contributed by atoms with Crippen LogP contribution in [-0.2, 0) is 16.0 Å². The third-order valence-electron chi connectivity index (χ3n) is 5.20. The number of carbonyl (C=O) groups excluding carboxylic acids is 2. The van der Waals surface area contributed by atoms with Crippen molar-refractivity contribution in [2.75, 3.05) is 35.0 Å². The summed E-state index contributed by atoms with van der Waals surface area (Å²) in [5.74, 6) is 0.509. The summed E-state index contributed by atoms with van der Waals surface area (Å²) >= 11 is 1.62. The molecule has 2 amide bonds. The largest absolute Gasteiger partial charge is 0.378 e. The molecule has 6 heteroatoms. The number of benzene rings is 3. The molecule has 0 radical (unpaired) electrons. The lowest BCUT2D eigenvalue weighted by atomic mass is 10.1. The number of rotatable bonds is 6. The molecule has 4 rings (SSSR count). The van der Waals surface area contributed by atoms with E-state index in [-0.39, 0.29) is 17.2 Å². The van der Waals surface area contributed by atoms with E-state index in [1.54, 1.807) is 11.8 Å². The highest BCUT2D eigenvalue weighted by Gasteiger charge is 2.34. The second-order valence-electron chi connectivity index (χ2n) is 7.67. The summed E-state index contributed by atoms with van der Waals surface area (Å²) < 4.78 is 0. The van der Waals surface area contributed by atoms with Gasteiger partial charge in [-0.15, -0.1) is 11.8 Å². The Balaban J connectivity index is 1.46. The van der Waals surface area contributed by atoms with Crippen LogP contribution in [0.3, 0.4) is 0 Å². The third kappa shape index (κ3) is 4.91. The molecule has 0 spiro atoms. The molecular weight excluding hydrogens is 406 g/mol. The van der Waals surface area contributed by atoms with Gasteiger partial charge in [0.15, 0.2) is 0 Å². The molecule has 1 heterocycles. The standard InChI is InChI=1S/C25H25N3O2S/c1-27(2)21-12-14-22(15-13-21)28-24(30)17-31-25(28)19-8-10-20(11-9-19)26-23(29)16-18-6-4-3-5-7-18/h3-15,25H,16-17H2,1-2H3,(H,26,29). The van der Waals surface area contributed by atoms with Crippen molar-refractivity contribution in [2.24, 2.45) is 0 Å². The molecule has 1 fully saturated rings. The number of nitrogens with one attached hydrogen (secondary N) is 1. The van der Waals surface area contributed by atoms with Crippen molar-refractivity contribution in [3.8, 4) is 0 Å². The minimum atomic E-state index is -0.0771. The average molecular weight is 432 g/mol. The van der Waals surface area contributed by atoms with Crippen molar-refractivity contribution in [3.63, 3.8) is 0 Å². The summed E-state index contributed by atoms with van der Waals surface area (Å²) in [5.41, 5.74) is 4.75. The van der Waals surface area contributed by atoms with Crippen molar-refractivity contribution < 1.29 is 9.59 Å². The Morgan fingerprint density at radius 2 is 1.68 bits per heavy atom. The van der Waals surface area contributed by atoms with Crippen molar-refractivity contribution in [2.45, 2.75) is 11.8 Å². The minimum absolute atomic E-state index is 0.0491. The molecule has 3 aromatic carbocycles. The summed E-state index contributed by atoms with van der Waals surface area (Å²) in [7, 11) is 3.99. The van der Waals surface area contributed by atoms with Crippen LogP contribution in [-0.4, -0.2) is 31.7 Å². The molecule has 1 unspecified atom stereocenters. The van der Waals surface area contributed by atoms with E-state index in [1.807, 2.05) is 103 Å². The zero-order chi connectivity index (χ0) is 21.8. The maximum atomic E-state index is 12.6. The fourth-order valence-corrected chi connectivity index (χ4v) is 4.76. The first-order valence-electron chi connectivity index (χ1n) is 10.2. The van der Waals surface area contributed by atoms with Gasteiger partial charge in [0, 0.05) is 31.2 Å². The molecular formula is C25H25N3O2S. The van der Waals surface area contributed by atoms with E-state index in [2.05, 4.69) is 5.32 Å². The molecule has 31 heavy (non-hydrogen) atoms. The molecule has 1 N–H and O–H groups in total. The van der Waals surface area contributed by atoms with Gasteiger partial charge in [0.1, 0.15) is 5.37 Å². The van der Waals surface area contributed by atoms with Gasteiger partial charge in [-0.3, -0.25) is 14.5 Å². The first-order valence-corrected chi connectivity index (χ1v) is 11.2. The van der Waals surface area contributed by atoms with E-state index in [9.17, 15) is 9.59 Å². The second kappa shape index (κ2) is 9.27. The molecule has 1 aliphatic rings. The normalized spacial score (nSPS) is 15.7. The third-order valence-corrected chi connectivity index (χ3v) is 6.41. The van der Waals surface area contributed by atoms with Gasteiger partial charge < -0.3 is 10.2 Å². The van der Waals surface area contributed by atoms with Crippen LogP contribution in [0.25, 0.3) is 0 Å². The lowest BCUT2D eigenvalue weighted by Crippen LogP contribution is -2.27. The maximum absolute atomic E-state index is 12.6. The van der Waals surface area contributed by atoms with Crippen LogP contribution in [0.4, 0.5) is 17.1 Å². The summed E-state index contributed by atoms with van der Waals surface area (Å²) in [6.07, 6.45) is 0.340. The molecule has 158 valence electrons. The molecule has 0 bridgehead atoms. The van der Waals surface area contributed by atoms with Crippen molar-refractivity contribution in [1.82, 2.24) is 0 Å². The van der Waals surface area contributed by atoms with Crippen molar-refractivity contribution >= 4 is 40.6 Å². The summed E-state index contributed by atoms with van der Waals surface area (Å²) in [4.78, 5) is 28.8. The fraction of sp³-hybridized carbons (Fsp3) is 0.200. The molecule has 1 saturated heterocycles. The van der Waals surface area contributed by atoms with E-state index in [4.69, 9.17) is 0 Å². The van der Waals surface area contributed by atoms with Crippen LogP contribution in [0.2, 0.25) is 0 Å². The molecule has 3 aromatic rings. The quantitative estimate of drug-likeness (QED) is 0.614. The fourth-order valence-electron chi connectivity index (χ4n) is 3.58. The summed E-state index contributed by atoms with van der Waals surface area (Å²) in [6, 6.07) is 25.5. The van der Waals surface area contributed by atoms with Gasteiger partial charge in [0.05, 0.1) is 12.2 Å². The number of hydrogen-bond donors (Lipinski definition) is 1. The van der Waals surface area contributed by atoms with Crippen molar-refractivity contribution in [1.29, 1.82) is 0 Å². The van der Waals surface area contributed by atoms with Gasteiger partial charge in [-0.2, -0.15) is 0 Å². The lowest BCUT2D eigenvalue weighted by Gasteiger charge is -2.25. The highest BCUT2D eigenvalue weighted by molar-refractivity contribution is 8.00. The first kappa shape index (κ1) is 21.0. The Bertz CT molecular complexity index is 1050. The highest BCUT2D eigenvalue weighted by atomic mass is 32.2. The zero-order valence-corrected chi connectivity index (χ0v) is 18.4. The Morgan fingerprint density at radius 1 is 1.00 bits per heavy atom. The van der Waals surface area contributed by atoms with Crippen LogP contribution in [0, 0.1) is 0 Å². The van der Waals surface area contributed by atoms with Gasteiger partial charge in [-0.25, -0.2) is 0 Å². The van der Waals surface area contributed by atoms with Crippen LogP contribution in [0.1, 0.15) is 16.5 Å². The van der Waals surface area contributed by atoms with Crippen LogP contribution in [0.15, 0.2) is 78.9 Å². The van der Waals surface area contributed by atoms with Gasteiger partial charge in [0.2, 0.25) is 11.8 Å². The minimum Gasteiger partial charge on any atom is -0.378 e. The Morgan fingerprint density at radius 3 is 2.32 bits per heavy atom. The van der Waals surface area contributed by atoms with E-state index in [0.29, 0.717) is 12.2 Å². The first-order chi connectivity index (χ1) is 15.0. The SMILES string of the molecule is CN(C)c1ccc(N2C(=O)CSC2c2ccc(NC(=O)Cc3ccccc3)cc2)cc1. The smallest absolute Gasteiger partial charge is 0.238 e. The lowest BCUT2D eigenvalue weighted by molar-refractivity contribution is -0.116. The number of thioether (sulfide) groups is 1. The van der Waals surface area contributed by atoms with Crippen LogP contribution >= 0.6 is 11.8 Å². The molecule has 0 saturated carbocycles. The van der Waals surface area contributed by atoms with E-state index in [0.717, 1.165) is 28.2 Å². The number of nitrogens with zero attached hydrogens (tertiary/aromatic N) is 2. The van der Waals surface area contributed by atoms with Crippen molar-refractivity contribution in [3.05, 3.63) is 90.0 Å². The number of anilines is 3. The van der Waals surface area contributed by atoms with E-state index in [1.165, 1.54) is 0 Å². The average Bonchev–Trinajstić information content (AvgIpc) is 3.16. The zero-order valence-electron chi connectivity index (χ0n) is 17.6. The summed E-state index contributed by atoms with van der Waals surface area (Å²) in [6.45, 7) is 0. The topological polar surface area (TPSA) is 52.6 Å². The van der Waals surface area contributed by atoms with Gasteiger partial charge >= 0.3 is 0 Å². The van der Waals surface area contributed by atoms with Crippen LogP contribution in [0.5, 0.6) is 0 Å². The molecule has 1 atom stereocenters. The van der Waals surface area contributed by atoms with E-state index >= 15 is 0 Å². The number of amides is 2. The van der Waals surface area contributed by atoms with Gasteiger partial charge in [-0.1, -0.05) is 42.5 Å². The molecule has 1 aliphatic heterocycles. The predicted molar refractivity (Wildman–Crippen MR) is 129 cm³/mol. The number of hydrogen-bond acceptors (Lipinski definition) is 4. The predicted octanol–water partition coefficient (Wildman–Crippen LogP) is 4.71. The molecule has 0 aliphatic carbocycles. The van der Waals surface area contributed by atoms with E-state index < -0.39 is 0 Å². The monoisotopic (exact) mass is 431 g/mol. The second-order valence-corrected chi connectivity index (χ2v) is 8.74. The Labute approximate surface area is 187 Å². The molecule has 0 aromatic heterocycles. The summed E-state index contributed by atoms with van der Waals surface area (Å²) in [5, 5.41) is 2.87. The van der Waals surface area contributed by atoms with Gasteiger partial charge in [0.25, 0.3) is 0 Å². The van der Waals surface area contributed by atoms with Gasteiger partial charge in [-0.05, 0) is 47.5 Å². The maximum Gasteiger partial charge on any atom is 0.238 e. The number of carbonyl (C=O) groups is 2. The highest BCUT2D eigenvalue weighted by Crippen LogP contribution is 2.42. The Hall–Kier alpha value is -3.25. The van der Waals surface area contributed by atoms with Crippen LogP contribution < -0.4 is 15.1 Å².